The van der Waals surface area contributed by atoms with Crippen LogP contribution in [0.4, 0.5) is 0 Å². The van der Waals surface area contributed by atoms with Crippen LogP contribution in [-0.2, 0) is 25.4 Å². The molecular weight excluding hydrogens is 400 g/mol. The normalized spacial score (nSPS) is 42.2. The number of ether oxygens (including phenoxy) is 4. The maximum atomic E-state index is 10.6. The lowest BCUT2D eigenvalue weighted by atomic mass is 9.97. The van der Waals surface area contributed by atoms with E-state index in [1.165, 1.54) is 6.92 Å². The van der Waals surface area contributed by atoms with Crippen molar-refractivity contribution in [2.24, 2.45) is 0 Å². The molecule has 1 aromatic carbocycles. The highest BCUT2D eigenvalue weighted by atomic mass is 16.7. The van der Waals surface area contributed by atoms with E-state index in [-0.39, 0.29) is 6.61 Å². The number of aliphatic hydroxyl groups excluding tert-OH is 6. The Hall–Kier alpha value is -1.18. The summed E-state index contributed by atoms with van der Waals surface area (Å²) in [5.74, 6) is 0. The average Bonchev–Trinajstić information content (AvgIpc) is 2.75. The van der Waals surface area contributed by atoms with Gasteiger partial charge in [0.2, 0.25) is 0 Å². The predicted octanol–water partition coefficient (Wildman–Crippen LogP) is -2.10. The third kappa shape index (κ3) is 5.17. The van der Waals surface area contributed by atoms with Crippen molar-refractivity contribution in [3.8, 4) is 0 Å². The fourth-order valence-corrected chi connectivity index (χ4v) is 3.57. The molecule has 10 nitrogen and oxygen atoms in total. The van der Waals surface area contributed by atoms with Crippen LogP contribution in [0.25, 0.3) is 0 Å². The van der Waals surface area contributed by atoms with Gasteiger partial charge in [0.25, 0.3) is 0 Å². The van der Waals surface area contributed by atoms with Crippen LogP contribution in [0.15, 0.2) is 30.3 Å². The molecular formula is C20H30O10. The van der Waals surface area contributed by atoms with Gasteiger partial charge in [0.05, 0.1) is 19.3 Å². The lowest BCUT2D eigenvalue weighted by molar-refractivity contribution is -0.357. The van der Waals surface area contributed by atoms with Crippen molar-refractivity contribution in [2.45, 2.75) is 74.8 Å². The maximum Gasteiger partial charge on any atom is 0.187 e. The van der Waals surface area contributed by atoms with Crippen LogP contribution in [0.2, 0.25) is 0 Å². The zero-order valence-electron chi connectivity index (χ0n) is 16.6. The van der Waals surface area contributed by atoms with E-state index in [1.807, 2.05) is 30.3 Å². The highest BCUT2D eigenvalue weighted by Gasteiger charge is 2.50. The molecule has 0 spiro atoms. The average molecular weight is 430 g/mol. The molecule has 0 aromatic heterocycles. The maximum absolute atomic E-state index is 10.6. The summed E-state index contributed by atoms with van der Waals surface area (Å²) in [6.45, 7) is 1.13. The number of rotatable bonds is 7. The molecule has 0 unspecified atom stereocenters. The van der Waals surface area contributed by atoms with Crippen LogP contribution >= 0.6 is 0 Å². The van der Waals surface area contributed by atoms with Gasteiger partial charge in [-0.25, -0.2) is 0 Å². The molecule has 30 heavy (non-hydrogen) atoms. The fourth-order valence-electron chi connectivity index (χ4n) is 3.57. The smallest absolute Gasteiger partial charge is 0.187 e. The van der Waals surface area contributed by atoms with Gasteiger partial charge in [-0.3, -0.25) is 0 Å². The number of hydrogen-bond acceptors (Lipinski definition) is 10. The molecule has 1 aromatic rings. The van der Waals surface area contributed by atoms with Crippen LogP contribution < -0.4 is 0 Å². The van der Waals surface area contributed by atoms with E-state index in [4.69, 9.17) is 18.9 Å². The third-order valence-electron chi connectivity index (χ3n) is 5.44. The first-order valence-electron chi connectivity index (χ1n) is 9.96. The molecule has 2 saturated heterocycles. The second kappa shape index (κ2) is 10.4. The summed E-state index contributed by atoms with van der Waals surface area (Å²) >= 11 is 0. The lowest BCUT2D eigenvalue weighted by Gasteiger charge is -2.45. The Bertz CT molecular complexity index is 646. The van der Waals surface area contributed by atoms with Gasteiger partial charge in [0.15, 0.2) is 12.6 Å². The van der Waals surface area contributed by atoms with Gasteiger partial charge in [-0.05, 0) is 18.9 Å². The van der Waals surface area contributed by atoms with Crippen molar-refractivity contribution < 1.29 is 49.6 Å². The number of aliphatic hydroxyl groups is 6. The van der Waals surface area contributed by atoms with Gasteiger partial charge in [-0.15, -0.1) is 0 Å². The summed E-state index contributed by atoms with van der Waals surface area (Å²) in [4.78, 5) is 0. The molecule has 3 rings (SSSR count). The van der Waals surface area contributed by atoms with Crippen LogP contribution in [-0.4, -0.2) is 105 Å². The van der Waals surface area contributed by atoms with Crippen LogP contribution in [0, 0.1) is 0 Å². The monoisotopic (exact) mass is 430 g/mol. The second-order valence-corrected chi connectivity index (χ2v) is 7.60. The molecule has 170 valence electrons. The quantitative estimate of drug-likeness (QED) is 0.283. The molecule has 0 saturated carbocycles. The first kappa shape index (κ1) is 23.5. The van der Waals surface area contributed by atoms with Crippen molar-refractivity contribution in [3.05, 3.63) is 35.9 Å². The molecule has 2 fully saturated rings. The zero-order chi connectivity index (χ0) is 21.8. The van der Waals surface area contributed by atoms with Crippen LogP contribution in [0.1, 0.15) is 12.5 Å². The molecule has 6 N–H and O–H groups in total. The van der Waals surface area contributed by atoms with E-state index in [1.54, 1.807) is 0 Å². The van der Waals surface area contributed by atoms with E-state index in [2.05, 4.69) is 0 Å². The summed E-state index contributed by atoms with van der Waals surface area (Å²) in [6, 6.07) is 9.54. The lowest BCUT2D eigenvalue weighted by Crippen LogP contribution is -2.64. The summed E-state index contributed by atoms with van der Waals surface area (Å²) < 4.78 is 22.0. The minimum atomic E-state index is -1.61. The van der Waals surface area contributed by atoms with E-state index in [0.717, 1.165) is 5.56 Å². The Morgan fingerprint density at radius 2 is 1.53 bits per heavy atom. The molecule has 2 aliphatic rings. The van der Waals surface area contributed by atoms with Gasteiger partial charge in [0, 0.05) is 0 Å². The third-order valence-corrected chi connectivity index (χ3v) is 5.44. The molecule has 0 bridgehead atoms. The van der Waals surface area contributed by atoms with E-state index >= 15 is 0 Å². The molecule has 2 heterocycles. The first-order valence-corrected chi connectivity index (χ1v) is 9.96. The molecule has 0 radical (unpaired) electrons. The zero-order valence-corrected chi connectivity index (χ0v) is 16.6. The molecule has 10 atom stereocenters. The van der Waals surface area contributed by atoms with Crippen molar-refractivity contribution in [3.63, 3.8) is 0 Å². The van der Waals surface area contributed by atoms with Gasteiger partial charge < -0.3 is 49.6 Å². The van der Waals surface area contributed by atoms with Crippen LogP contribution in [0.5, 0.6) is 0 Å². The standard InChI is InChI=1S/C20H30O10/c1-10-13(22)15(24)16(25)20(28-10)30-18-14(23)12(9-21)29-19(17(18)26)27-8-7-11-5-3-2-4-6-11/h2-6,10,12-26H,7-9H2,1H3/t10-,12+,13-,14+,15+,16+,17+,18-,19+,20-/m0/s1. The van der Waals surface area contributed by atoms with Crippen molar-refractivity contribution in [1.82, 2.24) is 0 Å². The Balaban J connectivity index is 1.64. The highest BCUT2D eigenvalue weighted by Crippen LogP contribution is 2.29. The van der Waals surface area contributed by atoms with Gasteiger partial charge in [-0.1, -0.05) is 30.3 Å². The van der Waals surface area contributed by atoms with E-state index in [0.29, 0.717) is 6.42 Å². The molecule has 2 aliphatic heterocycles. The van der Waals surface area contributed by atoms with Gasteiger partial charge >= 0.3 is 0 Å². The Morgan fingerprint density at radius 3 is 2.20 bits per heavy atom. The first-order chi connectivity index (χ1) is 14.3. The van der Waals surface area contributed by atoms with E-state index < -0.39 is 68.0 Å². The summed E-state index contributed by atoms with van der Waals surface area (Å²) in [5.41, 5.74) is 1.02. The number of hydrogen-bond donors (Lipinski definition) is 6. The summed E-state index contributed by atoms with van der Waals surface area (Å²) in [6.07, 6.45) is -12.7. The van der Waals surface area contributed by atoms with Crippen molar-refractivity contribution in [2.75, 3.05) is 13.2 Å². The minimum Gasteiger partial charge on any atom is -0.394 e. The second-order valence-electron chi connectivity index (χ2n) is 7.60. The van der Waals surface area contributed by atoms with Gasteiger partial charge in [-0.2, -0.15) is 0 Å². The number of benzene rings is 1. The van der Waals surface area contributed by atoms with Gasteiger partial charge in [0.1, 0.15) is 42.7 Å². The summed E-state index contributed by atoms with van der Waals surface area (Å²) in [5, 5.41) is 60.5. The highest BCUT2D eigenvalue weighted by molar-refractivity contribution is 5.14. The van der Waals surface area contributed by atoms with E-state index in [9.17, 15) is 30.6 Å². The summed E-state index contributed by atoms with van der Waals surface area (Å²) in [7, 11) is 0. The Kier molecular flexibility index (Phi) is 8.16. The topological polar surface area (TPSA) is 158 Å². The predicted molar refractivity (Wildman–Crippen MR) is 101 cm³/mol. The minimum absolute atomic E-state index is 0.206. The van der Waals surface area contributed by atoms with Crippen LogP contribution in [0.3, 0.4) is 0 Å². The molecule has 10 heteroatoms. The van der Waals surface area contributed by atoms with Crippen molar-refractivity contribution >= 4 is 0 Å². The Labute approximate surface area is 174 Å². The molecule has 0 amide bonds. The SMILES string of the molecule is C[C@@H]1O[C@@H](O[C@@H]2[C@@H](O)[C@H](OCCc3ccccc3)O[C@H](CO)[C@H]2O)[C@H](O)[C@H](O)[C@H]1O. The van der Waals surface area contributed by atoms with Crippen molar-refractivity contribution in [1.29, 1.82) is 0 Å². The largest absolute Gasteiger partial charge is 0.394 e. The Morgan fingerprint density at radius 1 is 0.833 bits per heavy atom. The molecule has 0 aliphatic carbocycles. The fraction of sp³-hybridized carbons (Fsp3) is 0.700.